The molecule has 2 aromatic carbocycles. The van der Waals surface area contributed by atoms with Crippen molar-refractivity contribution in [2.75, 3.05) is 37.6 Å². The number of anilines is 1. The Morgan fingerprint density at radius 1 is 1.00 bits per heavy atom. The molecule has 0 saturated carbocycles. The molecule has 1 N–H and O–H groups in total. The number of hydrogen-bond donors (Lipinski definition) is 1. The third kappa shape index (κ3) is 5.04. The lowest BCUT2D eigenvalue weighted by Gasteiger charge is -2.36. The fourth-order valence-corrected chi connectivity index (χ4v) is 3.45. The van der Waals surface area contributed by atoms with E-state index in [1.54, 1.807) is 24.3 Å². The van der Waals surface area contributed by atoms with E-state index in [-0.39, 0.29) is 11.8 Å². The largest absolute Gasteiger partial charge is 0.368 e. The van der Waals surface area contributed by atoms with Crippen LogP contribution >= 0.6 is 11.6 Å². The average Bonchev–Trinajstić information content (AvgIpc) is 2.73. The van der Waals surface area contributed by atoms with Crippen molar-refractivity contribution in [2.45, 2.75) is 19.8 Å². The summed E-state index contributed by atoms with van der Waals surface area (Å²) in [5.41, 5.74) is 2.28. The number of carbonyl (C=O) groups excluding carboxylic acids is 2. The predicted molar refractivity (Wildman–Crippen MR) is 113 cm³/mol. The molecule has 6 heteroatoms. The summed E-state index contributed by atoms with van der Waals surface area (Å²) in [6.07, 6.45) is 2.00. The Labute approximate surface area is 171 Å². The smallest absolute Gasteiger partial charge is 0.253 e. The van der Waals surface area contributed by atoms with E-state index in [0.717, 1.165) is 36.6 Å². The summed E-state index contributed by atoms with van der Waals surface area (Å²) in [6.45, 7) is 5.61. The second kappa shape index (κ2) is 9.60. The zero-order valence-corrected chi connectivity index (χ0v) is 16.9. The fourth-order valence-electron chi connectivity index (χ4n) is 3.27. The maximum absolute atomic E-state index is 12.8. The van der Waals surface area contributed by atoms with Crippen LogP contribution in [0.1, 0.15) is 40.5 Å². The first-order valence-corrected chi connectivity index (χ1v) is 10.1. The third-order valence-corrected chi connectivity index (χ3v) is 5.19. The van der Waals surface area contributed by atoms with Crippen molar-refractivity contribution in [3.63, 3.8) is 0 Å². The Balaban J connectivity index is 1.55. The third-order valence-electron chi connectivity index (χ3n) is 4.95. The first kappa shape index (κ1) is 20.2. The van der Waals surface area contributed by atoms with Gasteiger partial charge in [0.05, 0.1) is 0 Å². The van der Waals surface area contributed by atoms with Gasteiger partial charge in [0.15, 0.2) is 0 Å². The number of hydrogen-bond acceptors (Lipinski definition) is 3. The van der Waals surface area contributed by atoms with Crippen LogP contribution in [0.25, 0.3) is 0 Å². The Hall–Kier alpha value is -2.53. The Kier molecular flexibility index (Phi) is 6.93. The number of benzene rings is 2. The molecule has 2 aromatic rings. The van der Waals surface area contributed by atoms with Gasteiger partial charge in [-0.3, -0.25) is 9.59 Å². The van der Waals surface area contributed by atoms with Gasteiger partial charge in [0.1, 0.15) is 0 Å². The van der Waals surface area contributed by atoms with Gasteiger partial charge in [-0.15, -0.1) is 0 Å². The molecule has 0 bridgehead atoms. The number of halogens is 1. The van der Waals surface area contributed by atoms with Gasteiger partial charge in [-0.1, -0.05) is 31.0 Å². The first-order valence-electron chi connectivity index (χ1n) is 9.76. The molecule has 3 rings (SSSR count). The van der Waals surface area contributed by atoms with Crippen molar-refractivity contribution in [2.24, 2.45) is 0 Å². The molecule has 0 aliphatic carbocycles. The van der Waals surface area contributed by atoms with Gasteiger partial charge in [-0.2, -0.15) is 0 Å². The highest BCUT2D eigenvalue weighted by molar-refractivity contribution is 6.30. The number of amides is 2. The lowest BCUT2D eigenvalue weighted by atomic mass is 10.1. The van der Waals surface area contributed by atoms with Crippen LogP contribution in [0.4, 0.5) is 5.69 Å². The van der Waals surface area contributed by atoms with E-state index in [1.807, 2.05) is 29.2 Å². The molecule has 1 aliphatic rings. The van der Waals surface area contributed by atoms with Crippen molar-refractivity contribution in [1.29, 1.82) is 0 Å². The molecule has 0 atom stereocenters. The van der Waals surface area contributed by atoms with Crippen LogP contribution in [-0.4, -0.2) is 49.4 Å². The van der Waals surface area contributed by atoms with Crippen molar-refractivity contribution < 1.29 is 9.59 Å². The minimum absolute atomic E-state index is 0.00341. The molecule has 148 valence electrons. The normalized spacial score (nSPS) is 14.1. The minimum Gasteiger partial charge on any atom is -0.368 e. The van der Waals surface area contributed by atoms with E-state index >= 15 is 0 Å². The quantitative estimate of drug-likeness (QED) is 0.751. The molecule has 1 heterocycles. The Morgan fingerprint density at radius 3 is 2.32 bits per heavy atom. The lowest BCUT2D eigenvalue weighted by Crippen LogP contribution is -2.48. The number of nitrogens with zero attached hydrogens (tertiary/aromatic N) is 2. The van der Waals surface area contributed by atoms with E-state index in [2.05, 4.69) is 17.1 Å². The zero-order valence-electron chi connectivity index (χ0n) is 16.2. The van der Waals surface area contributed by atoms with Crippen LogP contribution < -0.4 is 10.2 Å². The molecule has 28 heavy (non-hydrogen) atoms. The van der Waals surface area contributed by atoms with Crippen molar-refractivity contribution in [3.8, 4) is 0 Å². The standard InChI is InChI=1S/C22H26ClN3O2/c1-2-3-11-24-21(27)17-7-9-18(10-8-17)22(28)26-14-12-25(13-15-26)20-6-4-5-19(23)16-20/h4-10,16H,2-3,11-15H2,1H3,(H,24,27). The summed E-state index contributed by atoms with van der Waals surface area (Å²) in [5, 5.41) is 3.60. The van der Waals surface area contributed by atoms with E-state index in [0.29, 0.717) is 30.8 Å². The second-order valence-corrected chi connectivity index (χ2v) is 7.38. The van der Waals surface area contributed by atoms with Gasteiger partial charge >= 0.3 is 0 Å². The molecule has 0 aromatic heterocycles. The average molecular weight is 400 g/mol. The number of unbranched alkanes of at least 4 members (excludes halogenated alkanes) is 1. The SMILES string of the molecule is CCCCNC(=O)c1ccc(C(=O)N2CCN(c3cccc(Cl)c3)CC2)cc1. The predicted octanol–water partition coefficient (Wildman–Crippen LogP) is 3.83. The number of rotatable bonds is 6. The second-order valence-electron chi connectivity index (χ2n) is 6.95. The van der Waals surface area contributed by atoms with Crippen LogP contribution in [0, 0.1) is 0 Å². The number of carbonyl (C=O) groups is 2. The maximum Gasteiger partial charge on any atom is 0.253 e. The summed E-state index contributed by atoms with van der Waals surface area (Å²) in [6, 6.07) is 14.7. The van der Waals surface area contributed by atoms with Gasteiger partial charge < -0.3 is 15.1 Å². The van der Waals surface area contributed by atoms with Crippen LogP contribution in [-0.2, 0) is 0 Å². The van der Waals surface area contributed by atoms with Gasteiger partial charge in [0, 0.05) is 54.6 Å². The van der Waals surface area contributed by atoms with Crippen molar-refractivity contribution in [1.82, 2.24) is 10.2 Å². The fraction of sp³-hybridized carbons (Fsp3) is 0.364. The lowest BCUT2D eigenvalue weighted by molar-refractivity contribution is 0.0746. The monoisotopic (exact) mass is 399 g/mol. The highest BCUT2D eigenvalue weighted by Crippen LogP contribution is 2.21. The van der Waals surface area contributed by atoms with Crippen LogP contribution in [0.2, 0.25) is 5.02 Å². The summed E-state index contributed by atoms with van der Waals surface area (Å²) < 4.78 is 0. The van der Waals surface area contributed by atoms with Crippen molar-refractivity contribution in [3.05, 3.63) is 64.7 Å². The minimum atomic E-state index is -0.0948. The summed E-state index contributed by atoms with van der Waals surface area (Å²) in [5.74, 6) is -0.0914. The zero-order chi connectivity index (χ0) is 19.9. The number of nitrogens with one attached hydrogen (secondary N) is 1. The van der Waals surface area contributed by atoms with E-state index in [9.17, 15) is 9.59 Å². The first-order chi connectivity index (χ1) is 13.6. The van der Waals surface area contributed by atoms with E-state index in [4.69, 9.17) is 11.6 Å². The maximum atomic E-state index is 12.8. The highest BCUT2D eigenvalue weighted by Gasteiger charge is 2.22. The highest BCUT2D eigenvalue weighted by atomic mass is 35.5. The Bertz CT molecular complexity index is 815. The van der Waals surface area contributed by atoms with Crippen LogP contribution in [0.5, 0.6) is 0 Å². The molecule has 0 spiro atoms. The van der Waals surface area contributed by atoms with Crippen LogP contribution in [0.3, 0.4) is 0 Å². The molecular weight excluding hydrogens is 374 g/mol. The molecule has 2 amide bonds. The summed E-state index contributed by atoms with van der Waals surface area (Å²) in [7, 11) is 0. The topological polar surface area (TPSA) is 52.7 Å². The van der Waals surface area contributed by atoms with Gasteiger partial charge in [0.2, 0.25) is 0 Å². The molecule has 0 unspecified atom stereocenters. The van der Waals surface area contributed by atoms with Gasteiger partial charge in [-0.25, -0.2) is 0 Å². The molecule has 1 fully saturated rings. The molecular formula is C22H26ClN3O2. The molecule has 0 radical (unpaired) electrons. The Morgan fingerprint density at radius 2 is 1.68 bits per heavy atom. The molecule has 5 nitrogen and oxygen atoms in total. The van der Waals surface area contributed by atoms with Gasteiger partial charge in [0.25, 0.3) is 11.8 Å². The van der Waals surface area contributed by atoms with E-state index < -0.39 is 0 Å². The van der Waals surface area contributed by atoms with Crippen LogP contribution in [0.15, 0.2) is 48.5 Å². The molecule has 1 saturated heterocycles. The van der Waals surface area contributed by atoms with E-state index in [1.165, 1.54) is 0 Å². The summed E-state index contributed by atoms with van der Waals surface area (Å²) in [4.78, 5) is 28.9. The summed E-state index contributed by atoms with van der Waals surface area (Å²) >= 11 is 6.07. The molecule has 1 aliphatic heterocycles. The van der Waals surface area contributed by atoms with Crippen molar-refractivity contribution >= 4 is 29.1 Å². The number of piperazine rings is 1. The van der Waals surface area contributed by atoms with Gasteiger partial charge in [-0.05, 0) is 48.9 Å².